The first-order valence-corrected chi connectivity index (χ1v) is 5.58. The minimum Gasteiger partial charge on any atom is -0.364 e. The van der Waals surface area contributed by atoms with Crippen LogP contribution in [0.4, 0.5) is 0 Å². The van der Waals surface area contributed by atoms with E-state index in [0.717, 1.165) is 25.7 Å². The molecule has 6 nitrogen and oxygen atoms in total. The van der Waals surface area contributed by atoms with E-state index in [-0.39, 0.29) is 0 Å². The van der Waals surface area contributed by atoms with Crippen LogP contribution in [0, 0.1) is 15.7 Å². The summed E-state index contributed by atoms with van der Waals surface area (Å²) in [5, 5.41) is 4.52. The molecule has 0 amide bonds. The second-order valence-corrected chi connectivity index (χ2v) is 3.71. The molecule has 0 unspecified atom stereocenters. The number of unbranched alkanes of at least 4 members (excludes halogenated alkanes) is 2. The van der Waals surface area contributed by atoms with Crippen molar-refractivity contribution >= 4 is 0 Å². The normalized spacial score (nSPS) is 9.00. The van der Waals surface area contributed by atoms with Crippen molar-refractivity contribution in [3.63, 3.8) is 0 Å². The molecule has 0 aliphatic carbocycles. The molecule has 0 saturated heterocycles. The van der Waals surface area contributed by atoms with Gasteiger partial charge in [-0.3, -0.25) is 0 Å². The van der Waals surface area contributed by atoms with Gasteiger partial charge in [0.1, 0.15) is 13.2 Å². The maximum absolute atomic E-state index is 9.31. The molecule has 0 aliphatic rings. The fourth-order valence-corrected chi connectivity index (χ4v) is 0.780. The van der Waals surface area contributed by atoms with E-state index in [2.05, 4.69) is 41.1 Å². The summed E-state index contributed by atoms with van der Waals surface area (Å²) in [7, 11) is 0. The van der Waals surface area contributed by atoms with Crippen LogP contribution in [-0.2, 0) is 9.68 Å². The third kappa shape index (κ3) is 23.0. The number of rotatable bonds is 9. The zero-order chi connectivity index (χ0) is 12.6. The third-order valence-electron chi connectivity index (χ3n) is 1.73. The van der Waals surface area contributed by atoms with Crippen molar-refractivity contribution in [3.8, 4) is 0 Å². The lowest BCUT2D eigenvalue weighted by Gasteiger charge is -1.98. The fraction of sp³-hybridized carbons (Fsp3) is 1.00. The predicted molar refractivity (Wildman–Crippen MR) is 62.5 cm³/mol. The Labute approximate surface area is 96.6 Å². The van der Waals surface area contributed by atoms with Gasteiger partial charge in [-0.25, -0.2) is 0 Å². The van der Waals surface area contributed by atoms with Crippen LogP contribution in [0.15, 0.2) is 10.7 Å². The maximum Gasteiger partial charge on any atom is 0.155 e. The highest BCUT2D eigenvalue weighted by atomic mass is 16.7. The third-order valence-corrected chi connectivity index (χ3v) is 1.73. The summed E-state index contributed by atoms with van der Waals surface area (Å²) in [5.41, 5.74) is 0. The lowest BCUT2D eigenvalue weighted by Crippen LogP contribution is -1.93. The van der Waals surface area contributed by atoms with E-state index in [1.807, 2.05) is 0 Å². The largest absolute Gasteiger partial charge is 0.364 e. The van der Waals surface area contributed by atoms with Crippen LogP contribution in [0.3, 0.4) is 0 Å². The van der Waals surface area contributed by atoms with Crippen LogP contribution >= 0.6 is 0 Å². The Kier molecular flexibility index (Phi) is 17.5. The van der Waals surface area contributed by atoms with Crippen LogP contribution in [0.2, 0.25) is 0 Å². The van der Waals surface area contributed by atoms with Crippen LogP contribution in [0.5, 0.6) is 0 Å². The zero-order valence-electron chi connectivity index (χ0n) is 10.3. The Morgan fingerprint density at radius 2 is 1.56 bits per heavy atom. The molecule has 16 heavy (non-hydrogen) atoms. The molecule has 0 saturated carbocycles. The highest BCUT2D eigenvalue weighted by molar-refractivity contribution is 4.40. The van der Waals surface area contributed by atoms with Gasteiger partial charge in [0.05, 0.1) is 0 Å². The molecular formula is C10H22N2O4. The molecule has 0 aromatic carbocycles. The summed E-state index contributed by atoms with van der Waals surface area (Å²) < 4.78 is 0. The first-order chi connectivity index (χ1) is 7.68. The molecule has 0 aromatic rings. The zero-order valence-corrected chi connectivity index (χ0v) is 10.3. The van der Waals surface area contributed by atoms with E-state index in [9.17, 15) is 9.81 Å². The van der Waals surface area contributed by atoms with Crippen LogP contribution < -0.4 is 0 Å². The van der Waals surface area contributed by atoms with E-state index < -0.39 is 0 Å². The Bertz CT molecular complexity index is 154. The Morgan fingerprint density at radius 1 is 1.00 bits per heavy atom. The molecule has 0 spiro atoms. The first kappa shape index (κ1) is 17.2. The standard InChI is InChI=1S/2C5H11NO2/c1-5(2)3-4-8-6-7;1-2-3-4-5-8-6-7/h5H,3-4H2,1-2H3;2-5H2,1H3. The highest BCUT2D eigenvalue weighted by Gasteiger charge is 1.91. The predicted octanol–water partition coefficient (Wildman–Crippen LogP) is 3.61. The van der Waals surface area contributed by atoms with Gasteiger partial charge in [-0.1, -0.05) is 33.6 Å². The maximum atomic E-state index is 9.31. The van der Waals surface area contributed by atoms with E-state index in [1.54, 1.807) is 0 Å². The SMILES string of the molecule is CC(C)CCON=O.CCCCCON=O. The van der Waals surface area contributed by atoms with E-state index >= 15 is 0 Å². The second-order valence-electron chi connectivity index (χ2n) is 3.71. The van der Waals surface area contributed by atoms with Gasteiger partial charge in [0.15, 0.2) is 10.7 Å². The van der Waals surface area contributed by atoms with Gasteiger partial charge in [-0.05, 0) is 18.8 Å². The van der Waals surface area contributed by atoms with E-state index in [4.69, 9.17) is 0 Å². The van der Waals surface area contributed by atoms with Crippen molar-refractivity contribution in [3.05, 3.63) is 9.81 Å². The van der Waals surface area contributed by atoms with Crippen molar-refractivity contribution in [2.45, 2.75) is 46.5 Å². The van der Waals surface area contributed by atoms with Crippen LogP contribution in [0.25, 0.3) is 0 Å². The molecule has 0 bridgehead atoms. The Balaban J connectivity index is 0. The molecule has 0 heterocycles. The highest BCUT2D eigenvalue weighted by Crippen LogP contribution is 1.98. The number of nitrogens with zero attached hydrogens (tertiary/aromatic N) is 2. The molecule has 0 aromatic heterocycles. The second kappa shape index (κ2) is 16.2. The summed E-state index contributed by atoms with van der Waals surface area (Å²) in [6.07, 6.45) is 4.08. The van der Waals surface area contributed by atoms with Gasteiger partial charge in [0.2, 0.25) is 0 Å². The summed E-state index contributed by atoms with van der Waals surface area (Å²) in [6.45, 7) is 7.13. The van der Waals surface area contributed by atoms with Gasteiger partial charge in [0.25, 0.3) is 0 Å². The molecule has 96 valence electrons. The van der Waals surface area contributed by atoms with Crippen molar-refractivity contribution in [2.24, 2.45) is 16.6 Å². The molecule has 0 N–H and O–H groups in total. The van der Waals surface area contributed by atoms with Gasteiger partial charge < -0.3 is 9.68 Å². The topological polar surface area (TPSA) is 77.3 Å². The van der Waals surface area contributed by atoms with E-state index in [1.165, 1.54) is 0 Å². The Morgan fingerprint density at radius 3 is 2.00 bits per heavy atom. The molecule has 0 rings (SSSR count). The van der Waals surface area contributed by atoms with Gasteiger partial charge in [0, 0.05) is 0 Å². The first-order valence-electron chi connectivity index (χ1n) is 5.58. The summed E-state index contributed by atoms with van der Waals surface area (Å²) in [6, 6.07) is 0. The molecule has 0 aliphatic heterocycles. The summed E-state index contributed by atoms with van der Waals surface area (Å²) in [4.78, 5) is 27.0. The average molecular weight is 234 g/mol. The fourth-order valence-electron chi connectivity index (χ4n) is 0.780. The molecule has 0 atom stereocenters. The minimum atomic E-state index is 0.446. The molecule has 6 heteroatoms. The van der Waals surface area contributed by atoms with Gasteiger partial charge in [-0.2, -0.15) is 0 Å². The summed E-state index contributed by atoms with van der Waals surface area (Å²) in [5.74, 6) is 0.580. The molecule has 0 radical (unpaired) electrons. The number of hydrogen-bond acceptors (Lipinski definition) is 6. The van der Waals surface area contributed by atoms with Gasteiger partial charge >= 0.3 is 0 Å². The van der Waals surface area contributed by atoms with Crippen molar-refractivity contribution in [1.82, 2.24) is 0 Å². The van der Waals surface area contributed by atoms with Crippen molar-refractivity contribution in [2.75, 3.05) is 13.2 Å². The summed E-state index contributed by atoms with van der Waals surface area (Å²) >= 11 is 0. The lowest BCUT2D eigenvalue weighted by molar-refractivity contribution is 0.128. The van der Waals surface area contributed by atoms with Crippen molar-refractivity contribution < 1.29 is 9.68 Å². The smallest absolute Gasteiger partial charge is 0.155 e. The number of hydrogen-bond donors (Lipinski definition) is 0. The quantitative estimate of drug-likeness (QED) is 0.347. The molecular weight excluding hydrogens is 212 g/mol. The monoisotopic (exact) mass is 234 g/mol. The average Bonchev–Trinajstić information content (AvgIpc) is 2.25. The van der Waals surface area contributed by atoms with Crippen molar-refractivity contribution in [1.29, 1.82) is 0 Å². The minimum absolute atomic E-state index is 0.446. The molecule has 0 fully saturated rings. The lowest BCUT2D eigenvalue weighted by atomic mass is 10.1. The van der Waals surface area contributed by atoms with Crippen LogP contribution in [0.1, 0.15) is 46.5 Å². The van der Waals surface area contributed by atoms with Gasteiger partial charge in [-0.15, -0.1) is 9.81 Å². The van der Waals surface area contributed by atoms with Crippen LogP contribution in [-0.4, -0.2) is 13.2 Å². The Hall–Kier alpha value is -1.20. The van der Waals surface area contributed by atoms with E-state index in [0.29, 0.717) is 19.1 Å².